The molecule has 1 amide bonds. The maximum Gasteiger partial charge on any atom is 0.255 e. The summed E-state index contributed by atoms with van der Waals surface area (Å²) in [4.78, 5) is 11.3. The minimum absolute atomic E-state index is 0.294. The first kappa shape index (κ1) is 11.4. The lowest BCUT2D eigenvalue weighted by molar-refractivity contribution is -0.124. The average molecular weight is 206 g/mol. The highest BCUT2D eigenvalue weighted by molar-refractivity contribution is 5.81. The van der Waals surface area contributed by atoms with Crippen LogP contribution in [-0.4, -0.2) is 31.0 Å². The zero-order chi connectivity index (χ0) is 10.6. The summed E-state index contributed by atoms with van der Waals surface area (Å²) in [6, 6.07) is 0.00329. The van der Waals surface area contributed by atoms with Crippen molar-refractivity contribution in [3.05, 3.63) is 0 Å². The van der Waals surface area contributed by atoms with Gasteiger partial charge in [-0.2, -0.15) is 0 Å². The Morgan fingerprint density at radius 1 is 1.57 bits per heavy atom. The van der Waals surface area contributed by atoms with Crippen molar-refractivity contribution in [2.45, 2.75) is 44.7 Å². The highest BCUT2D eigenvalue weighted by Gasteiger charge is 2.24. The van der Waals surface area contributed by atoms with Crippen LogP contribution in [0.3, 0.4) is 0 Å². The molecule has 2 N–H and O–H groups in total. The van der Waals surface area contributed by atoms with Crippen molar-refractivity contribution in [3.8, 4) is 0 Å². The molecule has 2 atom stereocenters. The Morgan fingerprint density at radius 3 is 2.86 bits per heavy atom. The van der Waals surface area contributed by atoms with Crippen LogP contribution < -0.4 is 10.6 Å². The van der Waals surface area contributed by atoms with Crippen LogP contribution in [-0.2, 0) is 4.79 Å². The Hall–Kier alpha value is -0.710. The van der Waals surface area contributed by atoms with Crippen LogP contribution in [0.2, 0.25) is 0 Å². The number of carbonyl (C=O) groups excluding carboxylic acids is 1. The van der Waals surface area contributed by atoms with Crippen molar-refractivity contribution in [1.82, 2.24) is 10.6 Å². The van der Waals surface area contributed by atoms with Crippen molar-refractivity contribution in [1.29, 1.82) is 0 Å². The third-order valence-electron chi connectivity index (χ3n) is 2.36. The zero-order valence-electron chi connectivity index (χ0n) is 8.22. The molecule has 0 bridgehead atoms. The van der Waals surface area contributed by atoms with Gasteiger partial charge in [-0.1, -0.05) is 0 Å². The summed E-state index contributed by atoms with van der Waals surface area (Å²) in [7, 11) is 0. The van der Waals surface area contributed by atoms with Gasteiger partial charge in [0.2, 0.25) is 5.91 Å². The molecule has 1 aliphatic rings. The lowest BCUT2D eigenvalue weighted by atomic mass is 9.99. The molecule has 3 nitrogen and oxygen atoms in total. The highest BCUT2D eigenvalue weighted by Crippen LogP contribution is 2.12. The minimum atomic E-state index is -2.47. The van der Waals surface area contributed by atoms with E-state index in [4.69, 9.17) is 0 Å². The first-order valence-corrected chi connectivity index (χ1v) is 4.91. The van der Waals surface area contributed by atoms with E-state index in [2.05, 4.69) is 10.6 Å². The normalized spacial score (nSPS) is 27.7. The quantitative estimate of drug-likeness (QED) is 0.720. The van der Waals surface area contributed by atoms with Gasteiger partial charge in [0.15, 0.2) is 0 Å². The number of hydrogen-bond donors (Lipinski definition) is 2. The molecule has 5 heteroatoms. The average Bonchev–Trinajstić information content (AvgIpc) is 2.14. The molecule has 0 aromatic carbocycles. The van der Waals surface area contributed by atoms with E-state index in [1.54, 1.807) is 0 Å². The fourth-order valence-corrected chi connectivity index (χ4v) is 1.65. The van der Waals surface area contributed by atoms with Gasteiger partial charge in [-0.25, -0.2) is 8.78 Å². The summed E-state index contributed by atoms with van der Waals surface area (Å²) < 4.78 is 23.6. The number of nitrogens with one attached hydrogen (secondary N) is 2. The molecular formula is C9H16F2N2O. The molecule has 1 heterocycles. The molecule has 0 spiro atoms. The summed E-state index contributed by atoms with van der Waals surface area (Å²) in [5, 5.41) is 5.30. The van der Waals surface area contributed by atoms with Crippen LogP contribution in [0.1, 0.15) is 26.2 Å². The molecule has 1 fully saturated rings. The molecule has 0 radical (unpaired) electrons. The Bertz CT molecular complexity index is 199. The number of amides is 1. The maximum absolute atomic E-state index is 11.8. The Labute approximate surface area is 82.2 Å². The molecule has 0 saturated carbocycles. The van der Waals surface area contributed by atoms with Gasteiger partial charge in [0.25, 0.3) is 6.43 Å². The Kier molecular flexibility index (Phi) is 4.25. The third kappa shape index (κ3) is 3.57. The fraction of sp³-hybridized carbons (Fsp3) is 0.889. The molecule has 1 rings (SSSR count). The second kappa shape index (κ2) is 5.24. The highest BCUT2D eigenvalue weighted by atomic mass is 19.3. The van der Waals surface area contributed by atoms with Crippen LogP contribution in [0.15, 0.2) is 0 Å². The molecule has 0 aliphatic carbocycles. The van der Waals surface area contributed by atoms with Gasteiger partial charge in [0.05, 0.1) is 12.6 Å². The molecule has 1 saturated heterocycles. The van der Waals surface area contributed by atoms with Crippen LogP contribution in [0, 0.1) is 0 Å². The van der Waals surface area contributed by atoms with Gasteiger partial charge in [-0.3, -0.25) is 4.79 Å². The van der Waals surface area contributed by atoms with Crippen molar-refractivity contribution >= 4 is 5.91 Å². The summed E-state index contributed by atoms with van der Waals surface area (Å²) in [5.41, 5.74) is 0. The first-order valence-electron chi connectivity index (χ1n) is 4.91. The largest absolute Gasteiger partial charge is 0.349 e. The van der Waals surface area contributed by atoms with E-state index in [1.807, 2.05) is 6.92 Å². The van der Waals surface area contributed by atoms with Crippen LogP contribution in [0.25, 0.3) is 0 Å². The molecule has 82 valence electrons. The lowest BCUT2D eigenvalue weighted by Gasteiger charge is -2.27. The first-order chi connectivity index (χ1) is 6.59. The summed E-state index contributed by atoms with van der Waals surface area (Å²) in [6.45, 7) is 1.44. The van der Waals surface area contributed by atoms with Crippen molar-refractivity contribution in [3.63, 3.8) is 0 Å². The summed E-state index contributed by atoms with van der Waals surface area (Å²) in [6.07, 6.45) is 0.277. The van der Waals surface area contributed by atoms with E-state index < -0.39 is 13.0 Å². The van der Waals surface area contributed by atoms with E-state index in [-0.39, 0.29) is 11.9 Å². The zero-order valence-corrected chi connectivity index (χ0v) is 8.22. The summed E-state index contributed by atoms with van der Waals surface area (Å²) >= 11 is 0. The molecule has 14 heavy (non-hydrogen) atoms. The maximum atomic E-state index is 11.8. The molecule has 0 aromatic rings. The number of piperidine rings is 1. The topological polar surface area (TPSA) is 41.1 Å². The summed E-state index contributed by atoms with van der Waals surface area (Å²) in [5.74, 6) is -0.308. The standard InChI is InChI=1S/C9H16F2N2O/c1-6-3-2-4-7(13-6)9(14)12-5-8(10)11/h6-8,13H,2-5H2,1H3,(H,12,14). The number of hydrogen-bond acceptors (Lipinski definition) is 2. The number of rotatable bonds is 3. The number of alkyl halides is 2. The molecule has 0 aromatic heterocycles. The van der Waals surface area contributed by atoms with Gasteiger partial charge >= 0.3 is 0 Å². The van der Waals surface area contributed by atoms with E-state index >= 15 is 0 Å². The van der Waals surface area contributed by atoms with E-state index in [1.165, 1.54) is 0 Å². The fourth-order valence-electron chi connectivity index (χ4n) is 1.65. The Morgan fingerprint density at radius 2 is 2.29 bits per heavy atom. The van der Waals surface area contributed by atoms with Crippen LogP contribution in [0.4, 0.5) is 8.78 Å². The van der Waals surface area contributed by atoms with E-state index in [9.17, 15) is 13.6 Å². The lowest BCUT2D eigenvalue weighted by Crippen LogP contribution is -2.50. The SMILES string of the molecule is CC1CCCC(C(=O)NCC(F)F)N1. The number of carbonyl (C=O) groups is 1. The van der Waals surface area contributed by atoms with Crippen molar-refractivity contribution in [2.24, 2.45) is 0 Å². The molecular weight excluding hydrogens is 190 g/mol. The minimum Gasteiger partial charge on any atom is -0.349 e. The van der Waals surface area contributed by atoms with Crippen molar-refractivity contribution < 1.29 is 13.6 Å². The van der Waals surface area contributed by atoms with E-state index in [0.717, 1.165) is 19.3 Å². The third-order valence-corrected chi connectivity index (χ3v) is 2.36. The predicted octanol–water partition coefficient (Wildman–Crippen LogP) is 0.898. The van der Waals surface area contributed by atoms with Crippen LogP contribution in [0.5, 0.6) is 0 Å². The van der Waals surface area contributed by atoms with Gasteiger partial charge in [-0.15, -0.1) is 0 Å². The van der Waals surface area contributed by atoms with Gasteiger partial charge < -0.3 is 10.6 Å². The monoisotopic (exact) mass is 206 g/mol. The Balaban J connectivity index is 2.29. The van der Waals surface area contributed by atoms with Gasteiger partial charge in [-0.05, 0) is 26.2 Å². The molecule has 2 unspecified atom stereocenters. The van der Waals surface area contributed by atoms with Gasteiger partial charge in [0, 0.05) is 6.04 Å². The predicted molar refractivity (Wildman–Crippen MR) is 49.3 cm³/mol. The smallest absolute Gasteiger partial charge is 0.255 e. The second-order valence-corrected chi connectivity index (χ2v) is 3.69. The van der Waals surface area contributed by atoms with Crippen LogP contribution >= 0.6 is 0 Å². The second-order valence-electron chi connectivity index (χ2n) is 3.69. The molecule has 1 aliphatic heterocycles. The van der Waals surface area contributed by atoms with E-state index in [0.29, 0.717) is 6.04 Å². The van der Waals surface area contributed by atoms with Gasteiger partial charge in [0.1, 0.15) is 0 Å². The number of halogens is 2. The van der Waals surface area contributed by atoms with Crippen molar-refractivity contribution in [2.75, 3.05) is 6.54 Å².